The van der Waals surface area contributed by atoms with Gasteiger partial charge >= 0.3 is 11.2 Å². The largest absolute Gasteiger partial charge is 0.457 e. The minimum absolute atomic E-state index is 0.254. The van der Waals surface area contributed by atoms with Crippen molar-refractivity contribution in [1.82, 2.24) is 0 Å². The smallest absolute Gasteiger partial charge is 0.419 e. The lowest BCUT2D eigenvalue weighted by atomic mass is 9.91. The van der Waals surface area contributed by atoms with Crippen LogP contribution >= 0.6 is 11.6 Å². The van der Waals surface area contributed by atoms with Gasteiger partial charge in [-0.2, -0.15) is 13.2 Å². The molecule has 2 rings (SSSR count). The number of allylic oxidation sites excluding steroid dienone is 1. The van der Waals surface area contributed by atoms with Crippen molar-refractivity contribution in [3.8, 4) is 5.75 Å². The molecule has 0 spiro atoms. The fourth-order valence-corrected chi connectivity index (χ4v) is 2.56. The van der Waals surface area contributed by atoms with Crippen LogP contribution < -0.4 is 4.74 Å². The molecule has 0 saturated carbocycles. The van der Waals surface area contributed by atoms with Crippen LogP contribution in [0.4, 0.5) is 13.2 Å². The van der Waals surface area contributed by atoms with Crippen LogP contribution in [-0.4, -0.2) is 15.7 Å². The third kappa shape index (κ3) is 3.43. The number of para-hydroxylation sites is 1. The van der Waals surface area contributed by atoms with Gasteiger partial charge < -0.3 is 4.74 Å². The normalized spacial score (nSPS) is 23.5. The van der Waals surface area contributed by atoms with E-state index in [2.05, 4.69) is 0 Å². The van der Waals surface area contributed by atoms with Crippen molar-refractivity contribution in [2.75, 3.05) is 0 Å². The van der Waals surface area contributed by atoms with Crippen LogP contribution in [0.2, 0.25) is 0 Å². The summed E-state index contributed by atoms with van der Waals surface area (Å²) < 4.78 is 44.0. The van der Waals surface area contributed by atoms with Crippen LogP contribution in [0.5, 0.6) is 5.75 Å². The first-order chi connectivity index (χ1) is 11.1. The highest BCUT2D eigenvalue weighted by molar-refractivity contribution is 6.26. The van der Waals surface area contributed by atoms with Gasteiger partial charge in [-0.05, 0) is 36.7 Å². The standard InChI is InChI=1S/C15H11ClF3NO4/c1-9(21)11-7-6-10(8-14(11,16)20(22)23)24-13-5-3-2-4-12(13)15(17,18)19/h2-8,11H,1H3. The van der Waals surface area contributed by atoms with Crippen molar-refractivity contribution < 1.29 is 27.6 Å². The second-order valence-electron chi connectivity index (χ2n) is 5.07. The Bertz CT molecular complexity index is 744. The Balaban J connectivity index is 2.41. The van der Waals surface area contributed by atoms with Crippen LogP contribution in [-0.2, 0) is 11.0 Å². The number of benzene rings is 1. The Hall–Kier alpha value is -2.35. The lowest BCUT2D eigenvalue weighted by Crippen LogP contribution is -2.42. The lowest BCUT2D eigenvalue weighted by Gasteiger charge is -2.25. The number of rotatable bonds is 4. The fourth-order valence-electron chi connectivity index (χ4n) is 2.23. The maximum Gasteiger partial charge on any atom is 0.419 e. The molecule has 2 unspecified atom stereocenters. The van der Waals surface area contributed by atoms with Gasteiger partial charge in [0.05, 0.1) is 11.6 Å². The molecule has 24 heavy (non-hydrogen) atoms. The number of nitro groups is 1. The SMILES string of the molecule is CC(=O)C1C=CC(Oc2ccccc2C(F)(F)F)=CC1(Cl)[N+](=O)[O-]. The summed E-state index contributed by atoms with van der Waals surface area (Å²) in [7, 11) is 0. The fraction of sp³-hybridized carbons (Fsp3) is 0.267. The molecule has 0 bridgehead atoms. The Morgan fingerprint density at radius 1 is 1.38 bits per heavy atom. The highest BCUT2D eigenvalue weighted by Crippen LogP contribution is 2.39. The zero-order chi connectivity index (χ0) is 18.1. The summed E-state index contributed by atoms with van der Waals surface area (Å²) in [5.74, 6) is -2.58. The van der Waals surface area contributed by atoms with Crippen LogP contribution in [0.1, 0.15) is 12.5 Å². The third-order valence-electron chi connectivity index (χ3n) is 3.37. The summed E-state index contributed by atoms with van der Waals surface area (Å²) >= 11 is 5.91. The van der Waals surface area contributed by atoms with Crippen LogP contribution in [0.3, 0.4) is 0 Å². The molecule has 0 radical (unpaired) electrons. The summed E-state index contributed by atoms with van der Waals surface area (Å²) in [4.78, 5) is 19.5. The molecular formula is C15H11ClF3NO4. The van der Waals surface area contributed by atoms with Crippen LogP contribution in [0.15, 0.2) is 48.3 Å². The zero-order valence-electron chi connectivity index (χ0n) is 12.2. The van der Waals surface area contributed by atoms with E-state index in [1.807, 2.05) is 0 Å². The summed E-state index contributed by atoms with van der Waals surface area (Å²) in [5, 5.41) is 11.2. The van der Waals surface area contributed by atoms with Gasteiger partial charge in [0.25, 0.3) is 0 Å². The number of alkyl halides is 4. The molecular weight excluding hydrogens is 351 g/mol. The number of ether oxygens (including phenoxy) is 1. The third-order valence-corrected chi connectivity index (χ3v) is 3.85. The van der Waals surface area contributed by atoms with Gasteiger partial charge in [-0.3, -0.25) is 14.9 Å². The van der Waals surface area contributed by atoms with E-state index in [9.17, 15) is 28.1 Å². The Morgan fingerprint density at radius 2 is 2.00 bits per heavy atom. The van der Waals surface area contributed by atoms with Crippen molar-refractivity contribution >= 4 is 17.4 Å². The highest BCUT2D eigenvalue weighted by atomic mass is 35.5. The Labute approximate surface area is 139 Å². The van der Waals surface area contributed by atoms with Gasteiger partial charge in [0.1, 0.15) is 23.2 Å². The highest BCUT2D eigenvalue weighted by Gasteiger charge is 2.50. The van der Waals surface area contributed by atoms with Crippen molar-refractivity contribution in [1.29, 1.82) is 0 Å². The number of halogens is 4. The molecule has 0 aromatic heterocycles. The van der Waals surface area contributed by atoms with Gasteiger partial charge in [-0.15, -0.1) is 0 Å². The summed E-state index contributed by atoms with van der Waals surface area (Å²) in [6.07, 6.45) is -1.50. The molecule has 0 saturated heterocycles. The monoisotopic (exact) mass is 361 g/mol. The number of carbonyl (C=O) groups is 1. The van der Waals surface area contributed by atoms with Gasteiger partial charge in [-0.25, -0.2) is 0 Å². The number of carbonyl (C=O) groups excluding carboxylic acids is 1. The Morgan fingerprint density at radius 3 is 2.54 bits per heavy atom. The van der Waals surface area contributed by atoms with E-state index in [1.165, 1.54) is 18.2 Å². The van der Waals surface area contributed by atoms with E-state index in [0.717, 1.165) is 31.2 Å². The molecule has 5 nitrogen and oxygen atoms in total. The summed E-state index contributed by atoms with van der Waals surface area (Å²) in [6, 6.07) is 4.42. The lowest BCUT2D eigenvalue weighted by molar-refractivity contribution is -0.533. The van der Waals surface area contributed by atoms with Crippen LogP contribution in [0.25, 0.3) is 0 Å². The molecule has 1 aliphatic carbocycles. The summed E-state index contributed by atoms with van der Waals surface area (Å²) in [5.41, 5.74) is -1.03. The molecule has 0 amide bonds. The molecule has 0 heterocycles. The number of hydrogen-bond acceptors (Lipinski definition) is 4. The van der Waals surface area contributed by atoms with E-state index in [4.69, 9.17) is 16.3 Å². The number of Topliss-reactive ketones (excluding diaryl/α,β-unsaturated/α-hetero) is 1. The van der Waals surface area contributed by atoms with E-state index < -0.39 is 39.1 Å². The molecule has 1 aromatic rings. The molecule has 0 N–H and O–H groups in total. The van der Waals surface area contributed by atoms with Crippen molar-refractivity contribution in [3.63, 3.8) is 0 Å². The molecule has 0 fully saturated rings. The first-order valence-electron chi connectivity index (χ1n) is 6.64. The molecule has 2 atom stereocenters. The van der Waals surface area contributed by atoms with Crippen molar-refractivity contribution in [2.45, 2.75) is 18.1 Å². The average molecular weight is 362 g/mol. The first kappa shape index (κ1) is 18.0. The van der Waals surface area contributed by atoms with E-state index >= 15 is 0 Å². The average Bonchev–Trinajstić information content (AvgIpc) is 2.46. The van der Waals surface area contributed by atoms with Gasteiger partial charge in [0.15, 0.2) is 0 Å². The molecule has 128 valence electrons. The Kier molecular flexibility index (Phi) is 4.70. The van der Waals surface area contributed by atoms with E-state index in [-0.39, 0.29) is 5.76 Å². The van der Waals surface area contributed by atoms with Crippen LogP contribution in [0, 0.1) is 16.0 Å². The minimum Gasteiger partial charge on any atom is -0.457 e. The predicted molar refractivity (Wildman–Crippen MR) is 79.0 cm³/mol. The minimum atomic E-state index is -4.65. The number of ketones is 1. The second kappa shape index (κ2) is 6.27. The molecule has 1 aliphatic rings. The van der Waals surface area contributed by atoms with Gasteiger partial charge in [0, 0.05) is 4.92 Å². The maximum atomic E-state index is 13.0. The van der Waals surface area contributed by atoms with E-state index in [1.54, 1.807) is 0 Å². The summed E-state index contributed by atoms with van der Waals surface area (Å²) in [6.45, 7) is 1.13. The van der Waals surface area contributed by atoms with Gasteiger partial charge in [0.2, 0.25) is 0 Å². The molecule has 0 aliphatic heterocycles. The zero-order valence-corrected chi connectivity index (χ0v) is 13.0. The molecule has 1 aromatic carbocycles. The first-order valence-corrected chi connectivity index (χ1v) is 7.02. The van der Waals surface area contributed by atoms with Crippen molar-refractivity contribution in [2.24, 2.45) is 5.92 Å². The maximum absolute atomic E-state index is 13.0. The quantitative estimate of drug-likeness (QED) is 0.352. The van der Waals surface area contributed by atoms with E-state index in [0.29, 0.717) is 0 Å². The predicted octanol–water partition coefficient (Wildman–Crippen LogP) is 3.95. The second-order valence-corrected chi connectivity index (χ2v) is 5.68. The van der Waals surface area contributed by atoms with Crippen molar-refractivity contribution in [3.05, 3.63) is 63.9 Å². The number of hydrogen-bond donors (Lipinski definition) is 0. The molecule has 9 heteroatoms. The topological polar surface area (TPSA) is 69.4 Å². The number of nitrogens with zero attached hydrogens (tertiary/aromatic N) is 1. The van der Waals surface area contributed by atoms with Gasteiger partial charge in [-0.1, -0.05) is 18.2 Å².